The van der Waals surface area contributed by atoms with Crippen molar-refractivity contribution in [3.8, 4) is 0 Å². The second-order valence-corrected chi connectivity index (χ2v) is 6.70. The third kappa shape index (κ3) is 6.94. The number of nitrogens with zero attached hydrogens (tertiary/aromatic N) is 1. The molecule has 1 heterocycles. The quantitative estimate of drug-likeness (QED) is 0.744. The summed E-state index contributed by atoms with van der Waals surface area (Å²) in [6.07, 6.45) is 2.22. The largest absolute Gasteiger partial charge is 0.381 e. The van der Waals surface area contributed by atoms with Crippen LogP contribution >= 0.6 is 11.8 Å². The zero-order valence-corrected chi connectivity index (χ0v) is 12.4. The van der Waals surface area contributed by atoms with Gasteiger partial charge in [0.2, 0.25) is 0 Å². The van der Waals surface area contributed by atoms with Gasteiger partial charge >= 0.3 is 0 Å². The summed E-state index contributed by atoms with van der Waals surface area (Å²) < 4.78 is 5.53. The summed E-state index contributed by atoms with van der Waals surface area (Å²) in [5, 5.41) is 4.58. The molecule has 1 aliphatic heterocycles. The lowest BCUT2D eigenvalue weighted by atomic mass is 10.0. The first-order valence-corrected chi connectivity index (χ1v) is 7.51. The van der Waals surface area contributed by atoms with Gasteiger partial charge in [-0.05, 0) is 32.6 Å². The molecule has 1 saturated heterocycles. The molecule has 0 bridgehead atoms. The van der Waals surface area contributed by atoms with Gasteiger partial charge in [-0.3, -0.25) is 4.99 Å². The van der Waals surface area contributed by atoms with Crippen molar-refractivity contribution in [3.05, 3.63) is 0 Å². The van der Waals surface area contributed by atoms with Crippen molar-refractivity contribution in [1.82, 2.24) is 5.32 Å². The van der Waals surface area contributed by atoms with Crippen LogP contribution in [0.3, 0.4) is 0 Å². The van der Waals surface area contributed by atoms with E-state index in [0.717, 1.165) is 31.3 Å². The monoisotopic (exact) mass is 258 g/mol. The molecule has 0 saturated carbocycles. The number of thioether (sulfide) groups is 1. The van der Waals surface area contributed by atoms with E-state index in [0.29, 0.717) is 5.92 Å². The van der Waals surface area contributed by atoms with Crippen LogP contribution in [0.5, 0.6) is 0 Å². The molecule has 1 fully saturated rings. The second-order valence-electron chi connectivity index (χ2n) is 5.62. The molecule has 0 aliphatic carbocycles. The predicted molar refractivity (Wildman–Crippen MR) is 76.9 cm³/mol. The number of ether oxygens (including phenoxy) is 1. The summed E-state index contributed by atoms with van der Waals surface area (Å²) in [5.41, 5.74) is 0.207. The van der Waals surface area contributed by atoms with Crippen LogP contribution in [-0.2, 0) is 4.74 Å². The molecule has 4 heteroatoms. The molecule has 0 spiro atoms. The minimum atomic E-state index is 0.207. The van der Waals surface area contributed by atoms with Crippen molar-refractivity contribution in [2.24, 2.45) is 10.9 Å². The SMILES string of the molecule is CC(C)COCCCN=C1NC(C)(C)CCS1. The highest BCUT2D eigenvalue weighted by Crippen LogP contribution is 2.21. The fourth-order valence-electron chi connectivity index (χ4n) is 1.54. The standard InChI is InChI=1S/C13H26N2OS/c1-11(2)10-16-8-5-7-14-12-15-13(3,4)6-9-17-12/h11H,5-10H2,1-4H3,(H,14,15). The van der Waals surface area contributed by atoms with Crippen molar-refractivity contribution >= 4 is 16.9 Å². The molecular weight excluding hydrogens is 232 g/mol. The fraction of sp³-hybridized carbons (Fsp3) is 0.923. The van der Waals surface area contributed by atoms with E-state index in [2.05, 4.69) is 38.0 Å². The first kappa shape index (κ1) is 14.8. The van der Waals surface area contributed by atoms with Gasteiger partial charge in [0.05, 0.1) is 0 Å². The van der Waals surface area contributed by atoms with Crippen LogP contribution in [0, 0.1) is 5.92 Å². The molecule has 0 amide bonds. The molecule has 0 aromatic carbocycles. The van der Waals surface area contributed by atoms with Gasteiger partial charge in [0.15, 0.2) is 5.17 Å². The van der Waals surface area contributed by atoms with Crippen LogP contribution in [0.4, 0.5) is 0 Å². The molecule has 3 nitrogen and oxygen atoms in total. The zero-order chi connectivity index (χ0) is 12.7. The molecule has 100 valence electrons. The van der Waals surface area contributed by atoms with Crippen LogP contribution < -0.4 is 5.32 Å². The zero-order valence-electron chi connectivity index (χ0n) is 11.6. The molecule has 0 atom stereocenters. The van der Waals surface area contributed by atoms with Crippen LogP contribution in [0.15, 0.2) is 4.99 Å². The number of hydrogen-bond acceptors (Lipinski definition) is 3. The van der Waals surface area contributed by atoms with Gasteiger partial charge in [-0.2, -0.15) is 0 Å². The molecule has 0 unspecified atom stereocenters. The Balaban J connectivity index is 2.12. The molecule has 0 aromatic rings. The summed E-state index contributed by atoms with van der Waals surface area (Å²) >= 11 is 1.83. The molecule has 1 rings (SSSR count). The Morgan fingerprint density at radius 3 is 2.88 bits per heavy atom. The average molecular weight is 258 g/mol. The number of rotatable bonds is 6. The smallest absolute Gasteiger partial charge is 0.156 e. The van der Waals surface area contributed by atoms with E-state index in [1.54, 1.807) is 0 Å². The Morgan fingerprint density at radius 2 is 2.24 bits per heavy atom. The van der Waals surface area contributed by atoms with E-state index in [9.17, 15) is 0 Å². The minimum absolute atomic E-state index is 0.207. The summed E-state index contributed by atoms with van der Waals surface area (Å²) in [6.45, 7) is 11.3. The van der Waals surface area contributed by atoms with Crippen LogP contribution in [0.25, 0.3) is 0 Å². The van der Waals surface area contributed by atoms with Gasteiger partial charge in [-0.1, -0.05) is 25.6 Å². The summed E-state index contributed by atoms with van der Waals surface area (Å²) in [6, 6.07) is 0. The lowest BCUT2D eigenvalue weighted by Crippen LogP contribution is -2.46. The normalized spacial score (nSPS) is 21.8. The lowest BCUT2D eigenvalue weighted by molar-refractivity contribution is 0.109. The summed E-state index contributed by atoms with van der Waals surface area (Å²) in [4.78, 5) is 4.58. The molecule has 17 heavy (non-hydrogen) atoms. The van der Waals surface area contributed by atoms with Crippen molar-refractivity contribution in [3.63, 3.8) is 0 Å². The molecular formula is C13H26N2OS. The Morgan fingerprint density at radius 1 is 1.47 bits per heavy atom. The van der Waals surface area contributed by atoms with Crippen LogP contribution in [0.2, 0.25) is 0 Å². The van der Waals surface area contributed by atoms with Gasteiger partial charge in [-0.25, -0.2) is 0 Å². The number of nitrogens with one attached hydrogen (secondary N) is 1. The highest BCUT2D eigenvalue weighted by atomic mass is 32.2. The number of hydrogen-bond donors (Lipinski definition) is 1. The van der Waals surface area contributed by atoms with E-state index < -0.39 is 0 Å². The highest BCUT2D eigenvalue weighted by molar-refractivity contribution is 8.13. The van der Waals surface area contributed by atoms with Gasteiger partial charge in [0.1, 0.15) is 0 Å². The van der Waals surface area contributed by atoms with E-state index in [-0.39, 0.29) is 5.54 Å². The van der Waals surface area contributed by atoms with Crippen molar-refractivity contribution in [2.45, 2.75) is 46.1 Å². The van der Waals surface area contributed by atoms with Crippen molar-refractivity contribution in [1.29, 1.82) is 0 Å². The molecule has 1 aliphatic rings. The van der Waals surface area contributed by atoms with E-state index in [1.807, 2.05) is 11.8 Å². The third-order valence-corrected chi connectivity index (χ3v) is 3.48. The Hall–Kier alpha value is -0.220. The maximum absolute atomic E-state index is 5.53. The van der Waals surface area contributed by atoms with E-state index in [1.165, 1.54) is 12.2 Å². The van der Waals surface area contributed by atoms with Gasteiger partial charge in [0, 0.05) is 31.1 Å². The lowest BCUT2D eigenvalue weighted by Gasteiger charge is -2.32. The number of amidine groups is 1. The summed E-state index contributed by atoms with van der Waals surface area (Å²) in [7, 11) is 0. The highest BCUT2D eigenvalue weighted by Gasteiger charge is 2.23. The maximum Gasteiger partial charge on any atom is 0.156 e. The minimum Gasteiger partial charge on any atom is -0.381 e. The fourth-order valence-corrected chi connectivity index (χ4v) is 2.88. The van der Waals surface area contributed by atoms with Gasteiger partial charge < -0.3 is 10.1 Å². The summed E-state index contributed by atoms with van der Waals surface area (Å²) in [5.74, 6) is 1.79. The van der Waals surface area contributed by atoms with Gasteiger partial charge in [0.25, 0.3) is 0 Å². The molecule has 1 N–H and O–H groups in total. The Bertz CT molecular complexity index is 252. The molecule has 0 radical (unpaired) electrons. The van der Waals surface area contributed by atoms with E-state index >= 15 is 0 Å². The van der Waals surface area contributed by atoms with Crippen LogP contribution in [0.1, 0.15) is 40.5 Å². The van der Waals surface area contributed by atoms with Gasteiger partial charge in [-0.15, -0.1) is 0 Å². The van der Waals surface area contributed by atoms with Crippen molar-refractivity contribution < 1.29 is 4.74 Å². The predicted octanol–water partition coefficient (Wildman–Crippen LogP) is 2.91. The Labute approximate surface area is 110 Å². The average Bonchev–Trinajstić information content (AvgIpc) is 2.21. The van der Waals surface area contributed by atoms with Crippen LogP contribution in [-0.4, -0.2) is 36.2 Å². The number of aliphatic imine (C=N–C) groups is 1. The maximum atomic E-state index is 5.53. The molecule has 0 aromatic heterocycles. The van der Waals surface area contributed by atoms with Crippen molar-refractivity contribution in [2.75, 3.05) is 25.5 Å². The van der Waals surface area contributed by atoms with E-state index in [4.69, 9.17) is 4.74 Å². The Kier molecular flexibility index (Phi) is 6.34. The second kappa shape index (κ2) is 7.27. The third-order valence-electron chi connectivity index (χ3n) is 2.56. The topological polar surface area (TPSA) is 33.6 Å². The first-order valence-electron chi connectivity index (χ1n) is 6.53. The first-order chi connectivity index (χ1) is 7.99.